The van der Waals surface area contributed by atoms with Gasteiger partial charge in [0.25, 0.3) is 14.2 Å². The van der Waals surface area contributed by atoms with Gasteiger partial charge in [0.05, 0.1) is 12.6 Å². The highest BCUT2D eigenvalue weighted by molar-refractivity contribution is 6.98. The number of benzene rings is 4. The maximum atomic E-state index is 16.7. The van der Waals surface area contributed by atoms with Crippen molar-refractivity contribution in [1.29, 1.82) is 0 Å². The number of halogens is 5. The van der Waals surface area contributed by atoms with Gasteiger partial charge in [0, 0.05) is 53.6 Å². The van der Waals surface area contributed by atoms with Crippen molar-refractivity contribution in [2.24, 2.45) is 5.92 Å². The summed E-state index contributed by atoms with van der Waals surface area (Å²) in [5.41, 5.74) is 0.531. The van der Waals surface area contributed by atoms with E-state index in [-0.39, 0.29) is 25.1 Å². The summed E-state index contributed by atoms with van der Waals surface area (Å²) in [5, 5.41) is 1.33. The molecule has 3 atom stereocenters. The molecule has 0 bridgehead atoms. The van der Waals surface area contributed by atoms with Crippen LogP contribution in [0.2, 0.25) is 5.04 Å². The molecule has 58 heavy (non-hydrogen) atoms. The van der Waals surface area contributed by atoms with Crippen LogP contribution in [0.4, 0.5) is 26.7 Å². The average molecular weight is 818 g/mol. The Kier molecular flexibility index (Phi) is 11.2. The number of amides is 1. The third-order valence-corrected chi connectivity index (χ3v) is 16.6. The molecule has 308 valence electrons. The largest absolute Gasteiger partial charge is 0.444 e. The van der Waals surface area contributed by atoms with E-state index in [1.807, 2.05) is 98.8 Å². The molecular formula is C46H52F5N3O3Si. The van der Waals surface area contributed by atoms with E-state index in [0.717, 1.165) is 23.1 Å². The zero-order valence-corrected chi connectivity index (χ0v) is 34.8. The Morgan fingerprint density at radius 3 is 2.00 bits per heavy atom. The highest BCUT2D eigenvalue weighted by Crippen LogP contribution is 2.47. The minimum atomic E-state index is -3.59. The van der Waals surface area contributed by atoms with Crippen molar-refractivity contribution >= 4 is 35.7 Å². The number of para-hydroxylation sites is 1. The molecule has 0 aliphatic carbocycles. The van der Waals surface area contributed by atoms with Crippen LogP contribution >= 0.6 is 0 Å². The molecule has 4 aromatic carbocycles. The number of alkyl halides is 3. The van der Waals surface area contributed by atoms with Gasteiger partial charge in [-0.2, -0.15) is 0 Å². The number of aromatic nitrogens is 1. The molecule has 7 rings (SSSR count). The smallest absolute Gasteiger partial charge is 0.410 e. The molecule has 5 aromatic rings. The van der Waals surface area contributed by atoms with Gasteiger partial charge in [-0.1, -0.05) is 92.7 Å². The van der Waals surface area contributed by atoms with Gasteiger partial charge in [-0.3, -0.25) is 4.90 Å². The van der Waals surface area contributed by atoms with E-state index in [1.54, 1.807) is 27.7 Å². The second kappa shape index (κ2) is 15.6. The molecule has 1 aromatic heterocycles. The highest BCUT2D eigenvalue weighted by atomic mass is 28.4. The number of fused-ring (bicyclic) bond motifs is 3. The van der Waals surface area contributed by atoms with E-state index in [4.69, 9.17) is 4.74 Å². The van der Waals surface area contributed by atoms with Crippen LogP contribution in [0.25, 0.3) is 10.9 Å². The number of hydrogen-bond acceptors (Lipinski definition) is 4. The maximum absolute atomic E-state index is 16.7. The van der Waals surface area contributed by atoms with Gasteiger partial charge in [-0.25, -0.2) is 26.7 Å². The van der Waals surface area contributed by atoms with Crippen LogP contribution < -0.4 is 10.4 Å². The Labute approximate surface area is 338 Å². The molecule has 0 saturated carbocycles. The fraction of sp³-hybridized carbons (Fsp3) is 0.413. The number of aromatic amines is 1. The van der Waals surface area contributed by atoms with Crippen LogP contribution in [0.15, 0.2) is 97.1 Å². The van der Waals surface area contributed by atoms with Gasteiger partial charge in [0.2, 0.25) is 0 Å². The molecular weight excluding hydrogens is 766 g/mol. The highest BCUT2D eigenvalue weighted by Gasteiger charge is 2.52. The van der Waals surface area contributed by atoms with E-state index in [1.165, 1.54) is 9.80 Å². The lowest BCUT2D eigenvalue weighted by atomic mass is 9.85. The second-order valence-electron chi connectivity index (χ2n) is 17.8. The molecule has 2 aliphatic rings. The summed E-state index contributed by atoms with van der Waals surface area (Å²) in [4.78, 5) is 31.2. The van der Waals surface area contributed by atoms with Crippen LogP contribution in [0.1, 0.15) is 89.0 Å². The first-order valence-electron chi connectivity index (χ1n) is 20.0. The molecule has 12 heteroatoms. The van der Waals surface area contributed by atoms with Gasteiger partial charge in [0.15, 0.2) is 0 Å². The van der Waals surface area contributed by atoms with Crippen molar-refractivity contribution < 1.29 is 36.3 Å². The lowest BCUT2D eigenvalue weighted by molar-refractivity contribution is -0.0615. The number of H-pyrrole nitrogens is 1. The first-order chi connectivity index (χ1) is 27.3. The van der Waals surface area contributed by atoms with Crippen molar-refractivity contribution in [3.63, 3.8) is 0 Å². The van der Waals surface area contributed by atoms with Crippen LogP contribution in [-0.4, -0.2) is 71.2 Å². The average Bonchev–Trinajstić information content (AvgIpc) is 3.51. The zero-order valence-electron chi connectivity index (χ0n) is 33.8. The van der Waals surface area contributed by atoms with Gasteiger partial charge in [-0.15, -0.1) is 0 Å². The zero-order chi connectivity index (χ0) is 41.8. The van der Waals surface area contributed by atoms with Crippen LogP contribution in [0.5, 0.6) is 0 Å². The van der Waals surface area contributed by atoms with Crippen LogP contribution in [0, 0.1) is 17.6 Å². The van der Waals surface area contributed by atoms with Crippen LogP contribution in [-0.2, 0) is 11.2 Å². The normalized spacial score (nSPS) is 18.9. The number of carbonyl (C=O) groups excluding carboxylic acids is 1. The maximum Gasteiger partial charge on any atom is 0.410 e. The van der Waals surface area contributed by atoms with E-state index >= 15 is 22.0 Å². The minimum absolute atomic E-state index is 0.0237. The minimum Gasteiger partial charge on any atom is -0.444 e. The molecule has 6 nitrogen and oxygen atoms in total. The number of nitrogens with zero attached hydrogens (tertiary/aromatic N) is 2. The lowest BCUT2D eigenvalue weighted by Crippen LogP contribution is -2.65. The molecule has 0 radical (unpaired) electrons. The van der Waals surface area contributed by atoms with E-state index < -0.39 is 85.3 Å². The summed E-state index contributed by atoms with van der Waals surface area (Å²) in [6, 6.07) is 25.9. The number of likely N-dealkylation sites (tertiary alicyclic amines) is 1. The number of carbonyl (C=O) groups is 1. The number of ether oxygens (including phenoxy) is 1. The Morgan fingerprint density at radius 1 is 0.879 bits per heavy atom. The molecule has 1 unspecified atom stereocenters. The predicted octanol–water partition coefficient (Wildman–Crippen LogP) is 9.61. The number of rotatable bonds is 11. The van der Waals surface area contributed by atoms with Crippen molar-refractivity contribution in [1.82, 2.24) is 14.8 Å². The van der Waals surface area contributed by atoms with Crippen molar-refractivity contribution in [2.45, 2.75) is 95.6 Å². The molecule has 0 spiro atoms. The summed E-state index contributed by atoms with van der Waals surface area (Å²) in [7, 11) is -3.59. The summed E-state index contributed by atoms with van der Waals surface area (Å²) in [6.45, 7) is 9.86. The van der Waals surface area contributed by atoms with E-state index in [0.29, 0.717) is 28.0 Å². The first-order valence-corrected chi connectivity index (χ1v) is 21.9. The first kappa shape index (κ1) is 41.6. The summed E-state index contributed by atoms with van der Waals surface area (Å²) in [5.74, 6) is -6.12. The quantitative estimate of drug-likeness (QED) is 0.103. The fourth-order valence-corrected chi connectivity index (χ4v) is 12.6. The van der Waals surface area contributed by atoms with Gasteiger partial charge in [0.1, 0.15) is 23.4 Å². The summed E-state index contributed by atoms with van der Waals surface area (Å²) in [6.07, 6.45) is -2.62. The monoisotopic (exact) mass is 817 g/mol. The molecule has 3 heterocycles. The molecule has 2 aliphatic heterocycles. The standard InChI is InChI=1S/C46H52F5N3O3Si/c1-29-23-35-34-19-13-14-20-38(34)52-41(35)42(39-36(47)24-30(25-37(39)48)40(49)31-26-53(27-31)43(55)57-44(2,3)4)54(29)28-46(50,51)22-21-45(5,6)58(56,32-15-9-7-10-16-32)33-17-11-8-12-18-33/h7-20,24-25,29,31,40,42,52,56H,21-23,26-28H2,1-6H3/t29-,40?,42-/m1/s1. The van der Waals surface area contributed by atoms with Gasteiger partial charge >= 0.3 is 6.09 Å². The third-order valence-electron chi connectivity index (χ3n) is 12.1. The van der Waals surface area contributed by atoms with Gasteiger partial charge < -0.3 is 19.4 Å². The van der Waals surface area contributed by atoms with Crippen LogP contribution in [0.3, 0.4) is 0 Å². The fourth-order valence-electron chi connectivity index (χ4n) is 8.86. The third kappa shape index (κ3) is 7.95. The molecule has 1 fully saturated rings. The molecule has 1 amide bonds. The Morgan fingerprint density at radius 2 is 1.43 bits per heavy atom. The molecule has 1 saturated heterocycles. The summed E-state index contributed by atoms with van der Waals surface area (Å²) >= 11 is 0. The Balaban J connectivity index is 1.18. The lowest BCUT2D eigenvalue weighted by Gasteiger charge is -2.44. The number of hydrogen-bond donors (Lipinski definition) is 2. The second-order valence-corrected chi connectivity index (χ2v) is 21.7. The van der Waals surface area contributed by atoms with Crippen molar-refractivity contribution in [3.05, 3.63) is 131 Å². The van der Waals surface area contributed by atoms with Crippen molar-refractivity contribution in [3.8, 4) is 0 Å². The van der Waals surface area contributed by atoms with Crippen molar-refractivity contribution in [2.75, 3.05) is 19.6 Å². The predicted molar refractivity (Wildman–Crippen MR) is 220 cm³/mol. The topological polar surface area (TPSA) is 68.8 Å². The van der Waals surface area contributed by atoms with E-state index in [9.17, 15) is 9.59 Å². The summed E-state index contributed by atoms with van der Waals surface area (Å²) < 4.78 is 87.6. The number of nitrogens with one attached hydrogen (secondary N) is 1. The SMILES string of the molecule is C[C@@H]1Cc2c([nH]c3ccccc23)[C@@H](c2c(F)cc(C(F)C3CN(C(=O)OC(C)(C)C)C3)cc2F)N1CC(F)(F)CCC(C)(C)[Si](O)(c1ccccc1)c1ccccc1. The van der Waals surface area contributed by atoms with E-state index in [2.05, 4.69) is 4.98 Å². The Hall–Kier alpha value is -4.52. The Bertz CT molecular complexity index is 2190. The molecule has 2 N–H and O–H groups in total. The van der Waals surface area contributed by atoms with Gasteiger partial charge in [-0.05, 0) is 85.3 Å².